The first kappa shape index (κ1) is 11.2. The van der Waals surface area contributed by atoms with E-state index in [9.17, 15) is 9.90 Å². The van der Waals surface area contributed by atoms with Crippen LogP contribution in [0.1, 0.15) is 15.9 Å². The second kappa shape index (κ2) is 4.29. The molecule has 5 nitrogen and oxygen atoms in total. The number of phenols is 1. The van der Waals surface area contributed by atoms with Crippen molar-refractivity contribution in [3.63, 3.8) is 0 Å². The normalized spacial score (nSPS) is 10.2. The summed E-state index contributed by atoms with van der Waals surface area (Å²) in [7, 11) is 1.73. The van der Waals surface area contributed by atoms with Crippen molar-refractivity contribution in [2.45, 2.75) is 6.92 Å². The minimum Gasteiger partial charge on any atom is -0.507 e. The van der Waals surface area contributed by atoms with E-state index in [4.69, 9.17) is 0 Å². The summed E-state index contributed by atoms with van der Waals surface area (Å²) in [5.41, 5.74) is 1.15. The van der Waals surface area contributed by atoms with E-state index in [0.29, 0.717) is 5.82 Å². The van der Waals surface area contributed by atoms with Crippen LogP contribution in [-0.4, -0.2) is 20.8 Å². The third-order valence-electron chi connectivity index (χ3n) is 2.46. The van der Waals surface area contributed by atoms with Crippen LogP contribution >= 0.6 is 0 Å². The van der Waals surface area contributed by atoms with Crippen LogP contribution in [0, 0.1) is 6.92 Å². The summed E-state index contributed by atoms with van der Waals surface area (Å²) in [5.74, 6) is 0.200. The Balaban J connectivity index is 2.23. The first-order valence-electron chi connectivity index (χ1n) is 5.17. The van der Waals surface area contributed by atoms with E-state index in [2.05, 4.69) is 10.4 Å². The second-order valence-electron chi connectivity index (χ2n) is 3.81. The summed E-state index contributed by atoms with van der Waals surface area (Å²) in [6.07, 6.45) is 1.59. The van der Waals surface area contributed by atoms with Crippen LogP contribution in [-0.2, 0) is 7.05 Å². The van der Waals surface area contributed by atoms with E-state index in [1.807, 2.05) is 6.92 Å². The molecule has 5 heteroatoms. The molecule has 2 rings (SSSR count). The number of aryl methyl sites for hydroxylation is 2. The number of aromatic hydroxyl groups is 1. The Hall–Kier alpha value is -2.30. The SMILES string of the molecule is Cc1ccc(C(=O)Nc2ccnn2C)c(O)c1. The van der Waals surface area contributed by atoms with Crippen LogP contribution in [0.5, 0.6) is 5.75 Å². The number of nitrogens with one attached hydrogen (secondary N) is 1. The van der Waals surface area contributed by atoms with Gasteiger partial charge in [-0.1, -0.05) is 6.07 Å². The van der Waals surface area contributed by atoms with Crippen LogP contribution in [0.25, 0.3) is 0 Å². The van der Waals surface area contributed by atoms with Crippen molar-refractivity contribution in [2.75, 3.05) is 5.32 Å². The molecule has 2 N–H and O–H groups in total. The Morgan fingerprint density at radius 1 is 1.41 bits per heavy atom. The van der Waals surface area contributed by atoms with Gasteiger partial charge in [0.15, 0.2) is 0 Å². The van der Waals surface area contributed by atoms with Gasteiger partial charge in [-0.15, -0.1) is 0 Å². The lowest BCUT2D eigenvalue weighted by atomic mass is 10.1. The van der Waals surface area contributed by atoms with Crippen molar-refractivity contribution < 1.29 is 9.90 Å². The van der Waals surface area contributed by atoms with Gasteiger partial charge in [0.25, 0.3) is 5.91 Å². The number of benzene rings is 1. The molecule has 1 aromatic carbocycles. The third kappa shape index (κ3) is 2.28. The summed E-state index contributed by atoms with van der Waals surface area (Å²) < 4.78 is 1.54. The van der Waals surface area contributed by atoms with Crippen LogP contribution in [0.4, 0.5) is 5.82 Å². The fourth-order valence-electron chi connectivity index (χ4n) is 1.51. The molecule has 0 radical (unpaired) electrons. The summed E-state index contributed by atoms with van der Waals surface area (Å²) >= 11 is 0. The van der Waals surface area contributed by atoms with Gasteiger partial charge in [-0.3, -0.25) is 9.48 Å². The monoisotopic (exact) mass is 231 g/mol. The minimum atomic E-state index is -0.355. The van der Waals surface area contributed by atoms with Gasteiger partial charge in [0.1, 0.15) is 11.6 Å². The lowest BCUT2D eigenvalue weighted by molar-refractivity contribution is 0.102. The number of hydrogen-bond acceptors (Lipinski definition) is 3. The Kier molecular flexibility index (Phi) is 2.82. The van der Waals surface area contributed by atoms with Gasteiger partial charge in [-0.2, -0.15) is 5.10 Å². The van der Waals surface area contributed by atoms with Crippen molar-refractivity contribution in [3.8, 4) is 5.75 Å². The van der Waals surface area contributed by atoms with Crippen LogP contribution in [0.2, 0.25) is 0 Å². The van der Waals surface area contributed by atoms with Crippen molar-refractivity contribution in [1.29, 1.82) is 0 Å². The molecule has 0 aliphatic heterocycles. The van der Waals surface area contributed by atoms with Crippen LogP contribution in [0.3, 0.4) is 0 Å². The van der Waals surface area contributed by atoms with E-state index in [0.717, 1.165) is 5.56 Å². The number of carbonyl (C=O) groups is 1. The highest BCUT2D eigenvalue weighted by atomic mass is 16.3. The van der Waals surface area contributed by atoms with Crippen molar-refractivity contribution in [3.05, 3.63) is 41.6 Å². The van der Waals surface area contributed by atoms with Gasteiger partial charge in [-0.05, 0) is 24.6 Å². The maximum atomic E-state index is 11.9. The molecule has 0 bridgehead atoms. The molecule has 1 aromatic heterocycles. The molecule has 88 valence electrons. The highest BCUT2D eigenvalue weighted by Crippen LogP contribution is 2.19. The van der Waals surface area contributed by atoms with Crippen molar-refractivity contribution in [1.82, 2.24) is 9.78 Å². The van der Waals surface area contributed by atoms with Gasteiger partial charge in [0.05, 0.1) is 11.8 Å². The molecule has 0 atom stereocenters. The molecule has 2 aromatic rings. The number of amides is 1. The summed E-state index contributed by atoms with van der Waals surface area (Å²) in [6.45, 7) is 1.85. The van der Waals surface area contributed by atoms with Gasteiger partial charge in [0, 0.05) is 13.1 Å². The number of carbonyl (C=O) groups excluding carboxylic acids is 1. The molecule has 1 heterocycles. The molecule has 0 unspecified atom stereocenters. The topological polar surface area (TPSA) is 67.2 Å². The summed E-state index contributed by atoms with van der Waals surface area (Å²) in [6, 6.07) is 6.61. The first-order chi connectivity index (χ1) is 8.08. The molecule has 0 spiro atoms. The van der Waals surface area contributed by atoms with E-state index in [1.165, 1.54) is 0 Å². The average molecular weight is 231 g/mol. The van der Waals surface area contributed by atoms with E-state index in [1.54, 1.807) is 42.2 Å². The number of nitrogens with zero attached hydrogens (tertiary/aromatic N) is 2. The van der Waals surface area contributed by atoms with Crippen LogP contribution in [0.15, 0.2) is 30.5 Å². The molecule has 0 aliphatic rings. The Morgan fingerprint density at radius 2 is 2.18 bits per heavy atom. The average Bonchev–Trinajstić information content (AvgIpc) is 2.64. The highest BCUT2D eigenvalue weighted by Gasteiger charge is 2.12. The predicted molar refractivity (Wildman–Crippen MR) is 64.0 cm³/mol. The molecular weight excluding hydrogens is 218 g/mol. The number of rotatable bonds is 2. The van der Waals surface area contributed by atoms with Gasteiger partial charge < -0.3 is 10.4 Å². The number of aromatic nitrogens is 2. The third-order valence-corrected chi connectivity index (χ3v) is 2.46. The molecule has 0 saturated carbocycles. The molecule has 17 heavy (non-hydrogen) atoms. The molecule has 0 fully saturated rings. The highest BCUT2D eigenvalue weighted by molar-refractivity contribution is 6.05. The van der Waals surface area contributed by atoms with E-state index >= 15 is 0 Å². The molecule has 1 amide bonds. The second-order valence-corrected chi connectivity index (χ2v) is 3.81. The predicted octanol–water partition coefficient (Wildman–Crippen LogP) is 1.69. The number of phenolic OH excluding ortho intramolecular Hbond substituents is 1. The van der Waals surface area contributed by atoms with Crippen molar-refractivity contribution >= 4 is 11.7 Å². The number of anilines is 1. The van der Waals surface area contributed by atoms with Gasteiger partial charge in [-0.25, -0.2) is 0 Å². The molecular formula is C12H13N3O2. The number of hydrogen-bond donors (Lipinski definition) is 2. The summed E-state index contributed by atoms with van der Waals surface area (Å²) in [4.78, 5) is 11.9. The minimum absolute atomic E-state index is 0.0235. The summed E-state index contributed by atoms with van der Waals surface area (Å²) in [5, 5.41) is 16.3. The van der Waals surface area contributed by atoms with Crippen molar-refractivity contribution in [2.24, 2.45) is 7.05 Å². The quantitative estimate of drug-likeness (QED) is 0.826. The first-order valence-corrected chi connectivity index (χ1v) is 5.17. The maximum absolute atomic E-state index is 11.9. The standard InChI is InChI=1S/C12H13N3O2/c1-8-3-4-9(10(16)7-8)12(17)14-11-5-6-13-15(11)2/h3-7,16H,1-2H3,(H,14,17). The van der Waals surface area contributed by atoms with E-state index in [-0.39, 0.29) is 17.2 Å². The molecule has 0 saturated heterocycles. The zero-order valence-electron chi connectivity index (χ0n) is 9.64. The van der Waals surface area contributed by atoms with Crippen LogP contribution < -0.4 is 5.32 Å². The zero-order chi connectivity index (χ0) is 12.4. The van der Waals surface area contributed by atoms with Gasteiger partial charge in [0.2, 0.25) is 0 Å². The fraction of sp³-hybridized carbons (Fsp3) is 0.167. The Bertz CT molecular complexity index is 561. The lowest BCUT2D eigenvalue weighted by Crippen LogP contribution is -2.14. The largest absolute Gasteiger partial charge is 0.507 e. The Labute approximate surface area is 98.7 Å². The van der Waals surface area contributed by atoms with E-state index < -0.39 is 0 Å². The maximum Gasteiger partial charge on any atom is 0.260 e. The smallest absolute Gasteiger partial charge is 0.260 e. The van der Waals surface area contributed by atoms with Gasteiger partial charge >= 0.3 is 0 Å². The zero-order valence-corrected chi connectivity index (χ0v) is 9.64. The Morgan fingerprint density at radius 3 is 2.76 bits per heavy atom. The molecule has 0 aliphatic carbocycles. The lowest BCUT2D eigenvalue weighted by Gasteiger charge is -2.07. The fourth-order valence-corrected chi connectivity index (χ4v) is 1.51.